The average molecular weight is 224 g/mol. The molecular formula is C11H13FN2O2. The minimum atomic E-state index is -0.600. The van der Waals surface area contributed by atoms with Gasteiger partial charge in [0.25, 0.3) is 5.91 Å². The lowest BCUT2D eigenvalue weighted by molar-refractivity contribution is 0.0677. The molecule has 4 nitrogen and oxygen atoms in total. The second kappa shape index (κ2) is 4.57. The highest BCUT2D eigenvalue weighted by atomic mass is 19.1. The van der Waals surface area contributed by atoms with Gasteiger partial charge in [0, 0.05) is 12.7 Å². The third-order valence-electron chi connectivity index (χ3n) is 2.82. The van der Waals surface area contributed by atoms with E-state index in [9.17, 15) is 9.18 Å². The van der Waals surface area contributed by atoms with E-state index in [1.165, 1.54) is 12.3 Å². The van der Waals surface area contributed by atoms with Gasteiger partial charge in [-0.2, -0.15) is 4.39 Å². The molecule has 0 bridgehead atoms. The van der Waals surface area contributed by atoms with Gasteiger partial charge in [0.15, 0.2) is 0 Å². The van der Waals surface area contributed by atoms with Gasteiger partial charge in [-0.3, -0.25) is 4.79 Å². The molecule has 0 saturated carbocycles. The van der Waals surface area contributed by atoms with Crippen molar-refractivity contribution in [1.82, 2.24) is 9.88 Å². The molecular weight excluding hydrogens is 211 g/mol. The second-order valence-corrected chi connectivity index (χ2v) is 3.85. The average Bonchev–Trinajstić information content (AvgIpc) is 2.77. The lowest BCUT2D eigenvalue weighted by atomic mass is 10.2. The summed E-state index contributed by atoms with van der Waals surface area (Å²) in [4.78, 5) is 17.0. The van der Waals surface area contributed by atoms with E-state index in [4.69, 9.17) is 5.11 Å². The molecule has 1 aromatic rings. The minimum Gasteiger partial charge on any atom is -0.394 e. The topological polar surface area (TPSA) is 53.4 Å². The maximum Gasteiger partial charge on any atom is 0.255 e. The van der Waals surface area contributed by atoms with Gasteiger partial charge in [0.2, 0.25) is 5.95 Å². The van der Waals surface area contributed by atoms with Crippen LogP contribution in [0.1, 0.15) is 23.2 Å². The van der Waals surface area contributed by atoms with Crippen LogP contribution in [0.15, 0.2) is 18.3 Å². The van der Waals surface area contributed by atoms with Gasteiger partial charge in [0.1, 0.15) is 0 Å². The number of aromatic nitrogens is 1. The maximum absolute atomic E-state index is 12.6. The Kier molecular flexibility index (Phi) is 3.14. The van der Waals surface area contributed by atoms with Crippen LogP contribution >= 0.6 is 0 Å². The highest BCUT2D eigenvalue weighted by Crippen LogP contribution is 2.19. The summed E-state index contributed by atoms with van der Waals surface area (Å²) in [5.74, 6) is -0.791. The first kappa shape index (κ1) is 11.0. The van der Waals surface area contributed by atoms with Crippen LogP contribution in [-0.4, -0.2) is 40.1 Å². The second-order valence-electron chi connectivity index (χ2n) is 3.85. The number of amides is 1. The van der Waals surface area contributed by atoms with E-state index in [2.05, 4.69) is 4.98 Å². The van der Waals surface area contributed by atoms with Crippen molar-refractivity contribution in [2.75, 3.05) is 13.2 Å². The molecule has 2 heterocycles. The van der Waals surface area contributed by atoms with Crippen LogP contribution in [0.4, 0.5) is 4.39 Å². The normalized spacial score (nSPS) is 20.1. The number of pyridine rings is 1. The lowest BCUT2D eigenvalue weighted by Gasteiger charge is -2.22. The van der Waals surface area contributed by atoms with E-state index in [-0.39, 0.29) is 18.6 Å². The van der Waals surface area contributed by atoms with Crippen molar-refractivity contribution in [2.45, 2.75) is 18.9 Å². The Labute approximate surface area is 92.7 Å². The minimum absolute atomic E-state index is 0.0274. The fraction of sp³-hybridized carbons (Fsp3) is 0.455. The number of nitrogens with zero attached hydrogens (tertiary/aromatic N) is 2. The van der Waals surface area contributed by atoms with Crippen LogP contribution in [0.2, 0.25) is 0 Å². The molecule has 0 spiro atoms. The standard InChI is InChI=1S/C11H13FN2O2/c12-10-4-3-8(6-13-10)11(16)14-5-1-2-9(14)7-15/h3-4,6,9,15H,1-2,5,7H2/t9-/m0/s1. The van der Waals surface area contributed by atoms with Crippen LogP contribution in [0, 0.1) is 5.95 Å². The van der Waals surface area contributed by atoms with Crippen LogP contribution < -0.4 is 0 Å². The van der Waals surface area contributed by atoms with Gasteiger partial charge in [-0.25, -0.2) is 4.98 Å². The molecule has 1 saturated heterocycles. The number of aliphatic hydroxyl groups excluding tert-OH is 1. The monoisotopic (exact) mass is 224 g/mol. The first-order chi connectivity index (χ1) is 7.72. The number of rotatable bonds is 2. The Bertz CT molecular complexity index is 380. The Morgan fingerprint density at radius 3 is 3.06 bits per heavy atom. The lowest BCUT2D eigenvalue weighted by Crippen LogP contribution is -2.37. The molecule has 1 fully saturated rings. The molecule has 0 aliphatic carbocycles. The van der Waals surface area contributed by atoms with Crippen LogP contribution in [0.25, 0.3) is 0 Å². The third kappa shape index (κ3) is 2.04. The van der Waals surface area contributed by atoms with Gasteiger partial charge < -0.3 is 10.0 Å². The zero-order chi connectivity index (χ0) is 11.5. The van der Waals surface area contributed by atoms with Crippen molar-refractivity contribution < 1.29 is 14.3 Å². The summed E-state index contributed by atoms with van der Waals surface area (Å²) in [6, 6.07) is 2.46. The van der Waals surface area contributed by atoms with Crippen LogP contribution in [0.3, 0.4) is 0 Å². The van der Waals surface area contributed by atoms with Crippen molar-refractivity contribution in [1.29, 1.82) is 0 Å². The molecule has 0 aromatic carbocycles. The van der Waals surface area contributed by atoms with Crippen LogP contribution in [0.5, 0.6) is 0 Å². The molecule has 0 unspecified atom stereocenters. The molecule has 16 heavy (non-hydrogen) atoms. The molecule has 0 radical (unpaired) electrons. The van der Waals surface area contributed by atoms with E-state index in [0.717, 1.165) is 18.9 Å². The van der Waals surface area contributed by atoms with Gasteiger partial charge in [-0.1, -0.05) is 0 Å². The Hall–Kier alpha value is -1.49. The molecule has 1 N–H and O–H groups in total. The zero-order valence-corrected chi connectivity index (χ0v) is 8.77. The summed E-state index contributed by atoms with van der Waals surface area (Å²) in [7, 11) is 0. The molecule has 1 amide bonds. The molecule has 86 valence electrons. The number of aliphatic hydroxyl groups is 1. The van der Waals surface area contributed by atoms with Crippen molar-refractivity contribution in [3.8, 4) is 0 Å². The molecule has 2 rings (SSSR count). The van der Waals surface area contributed by atoms with Crippen molar-refractivity contribution >= 4 is 5.91 Å². The Morgan fingerprint density at radius 1 is 1.62 bits per heavy atom. The quantitative estimate of drug-likeness (QED) is 0.756. The molecule has 1 atom stereocenters. The number of hydrogen-bond acceptors (Lipinski definition) is 3. The van der Waals surface area contributed by atoms with E-state index < -0.39 is 5.95 Å². The summed E-state index contributed by atoms with van der Waals surface area (Å²) < 4.78 is 12.6. The number of carbonyl (C=O) groups is 1. The Morgan fingerprint density at radius 2 is 2.44 bits per heavy atom. The largest absolute Gasteiger partial charge is 0.394 e. The number of halogens is 1. The van der Waals surface area contributed by atoms with Crippen molar-refractivity contribution in [3.63, 3.8) is 0 Å². The van der Waals surface area contributed by atoms with E-state index >= 15 is 0 Å². The fourth-order valence-electron chi connectivity index (χ4n) is 1.96. The first-order valence-electron chi connectivity index (χ1n) is 5.26. The van der Waals surface area contributed by atoms with E-state index in [1.54, 1.807) is 4.90 Å². The SMILES string of the molecule is O=C(c1ccc(F)nc1)N1CCC[C@H]1CO. The predicted molar refractivity (Wildman–Crippen MR) is 55.3 cm³/mol. The molecule has 5 heteroatoms. The number of carbonyl (C=O) groups excluding carboxylic acids is 1. The highest BCUT2D eigenvalue weighted by molar-refractivity contribution is 5.94. The predicted octanol–water partition coefficient (Wildman–Crippen LogP) is 0.818. The maximum atomic E-state index is 12.6. The summed E-state index contributed by atoms with van der Waals surface area (Å²) in [5.41, 5.74) is 0.363. The summed E-state index contributed by atoms with van der Waals surface area (Å²) >= 11 is 0. The van der Waals surface area contributed by atoms with Gasteiger partial charge in [-0.05, 0) is 25.0 Å². The highest BCUT2D eigenvalue weighted by Gasteiger charge is 2.28. The molecule has 1 aromatic heterocycles. The van der Waals surface area contributed by atoms with Crippen LogP contribution in [-0.2, 0) is 0 Å². The molecule has 1 aliphatic heterocycles. The van der Waals surface area contributed by atoms with Gasteiger partial charge >= 0.3 is 0 Å². The third-order valence-corrected chi connectivity index (χ3v) is 2.82. The number of hydrogen-bond donors (Lipinski definition) is 1. The van der Waals surface area contributed by atoms with Crippen molar-refractivity contribution in [2.24, 2.45) is 0 Å². The summed E-state index contributed by atoms with van der Waals surface area (Å²) in [6.45, 7) is 0.613. The smallest absolute Gasteiger partial charge is 0.255 e. The van der Waals surface area contributed by atoms with Gasteiger partial charge in [-0.15, -0.1) is 0 Å². The van der Waals surface area contributed by atoms with Crippen molar-refractivity contribution in [3.05, 3.63) is 29.8 Å². The summed E-state index contributed by atoms with van der Waals surface area (Å²) in [5, 5.41) is 9.11. The number of likely N-dealkylation sites (tertiary alicyclic amines) is 1. The molecule has 1 aliphatic rings. The van der Waals surface area contributed by atoms with Gasteiger partial charge in [0.05, 0.1) is 18.2 Å². The van der Waals surface area contributed by atoms with E-state index in [0.29, 0.717) is 12.1 Å². The fourth-order valence-corrected chi connectivity index (χ4v) is 1.96. The Balaban J connectivity index is 2.15. The first-order valence-corrected chi connectivity index (χ1v) is 5.26. The summed E-state index contributed by atoms with van der Waals surface area (Å²) in [6.07, 6.45) is 2.94. The zero-order valence-electron chi connectivity index (χ0n) is 8.77. The van der Waals surface area contributed by atoms with E-state index in [1.807, 2.05) is 0 Å².